The number of nitro benzene ring substituents is 1. The fraction of sp³-hybridized carbons (Fsp3) is 0. The molecule has 1 aromatic rings. The molecule has 0 aliphatic heterocycles. The third-order valence-corrected chi connectivity index (χ3v) is 1.53. The van der Waals surface area contributed by atoms with Crippen LogP contribution in [0.3, 0.4) is 0 Å². The normalized spacial score (nSPS) is 9.23. The molecular weight excluding hydrogens is 174 g/mol. The van der Waals surface area contributed by atoms with Gasteiger partial charge in [-0.3, -0.25) is 19.7 Å². The van der Waals surface area contributed by atoms with Crippen molar-refractivity contribution in [3.05, 3.63) is 39.4 Å². The van der Waals surface area contributed by atoms with Crippen molar-refractivity contribution < 1.29 is 14.5 Å². The van der Waals surface area contributed by atoms with Crippen molar-refractivity contribution in [1.29, 1.82) is 0 Å². The largest absolute Gasteiger partial charge is 0.298 e. The Kier molecular flexibility index (Phi) is 2.49. The van der Waals surface area contributed by atoms with E-state index in [-0.39, 0.29) is 11.1 Å². The van der Waals surface area contributed by atoms with Crippen LogP contribution in [0.2, 0.25) is 0 Å². The van der Waals surface area contributed by atoms with Crippen LogP contribution in [0.15, 0.2) is 18.2 Å². The summed E-state index contributed by atoms with van der Waals surface area (Å²) in [6.45, 7) is 0. The van der Waals surface area contributed by atoms with Crippen molar-refractivity contribution in [2.24, 2.45) is 0 Å². The summed E-state index contributed by atoms with van der Waals surface area (Å²) in [6.07, 6.45) is 0.705. The van der Waals surface area contributed by atoms with Crippen LogP contribution in [0.25, 0.3) is 0 Å². The van der Waals surface area contributed by atoms with Gasteiger partial charge in [-0.1, -0.05) is 6.07 Å². The molecule has 0 bridgehead atoms. The Labute approximate surface area is 73.1 Å². The molecule has 0 spiro atoms. The smallest absolute Gasteiger partial charge is 0.290 e. The topological polar surface area (TPSA) is 77.3 Å². The Hall–Kier alpha value is -2.04. The van der Waals surface area contributed by atoms with E-state index in [1.807, 2.05) is 0 Å². The predicted molar refractivity (Wildman–Crippen MR) is 43.9 cm³/mol. The minimum atomic E-state index is -0.743. The number of rotatable bonds is 3. The highest BCUT2D eigenvalue weighted by atomic mass is 16.6. The summed E-state index contributed by atoms with van der Waals surface area (Å²) in [4.78, 5) is 30.5. The number of benzene rings is 1. The molecule has 0 unspecified atom stereocenters. The fourth-order valence-electron chi connectivity index (χ4n) is 0.981. The van der Waals surface area contributed by atoms with Crippen LogP contribution >= 0.6 is 0 Å². The number of para-hydroxylation sites is 1. The highest BCUT2D eigenvalue weighted by Gasteiger charge is 2.17. The van der Waals surface area contributed by atoms with Gasteiger partial charge in [0.1, 0.15) is 0 Å². The number of aldehydes is 2. The summed E-state index contributed by atoms with van der Waals surface area (Å²) in [7, 11) is 0. The molecule has 0 saturated carbocycles. The first-order valence-corrected chi connectivity index (χ1v) is 3.38. The zero-order chi connectivity index (χ0) is 9.84. The number of hydrogen-bond acceptors (Lipinski definition) is 4. The molecule has 0 aliphatic carbocycles. The zero-order valence-corrected chi connectivity index (χ0v) is 6.47. The molecule has 13 heavy (non-hydrogen) atoms. The van der Waals surface area contributed by atoms with Crippen molar-refractivity contribution in [2.45, 2.75) is 0 Å². The molecule has 0 fully saturated rings. The number of carbonyl (C=O) groups is 2. The lowest BCUT2D eigenvalue weighted by atomic mass is 10.1. The first kappa shape index (κ1) is 9.05. The van der Waals surface area contributed by atoms with Gasteiger partial charge in [0.25, 0.3) is 5.69 Å². The maximum atomic E-state index is 10.4. The van der Waals surface area contributed by atoms with Gasteiger partial charge in [-0.05, 0) is 12.1 Å². The number of nitro groups is 1. The first-order chi connectivity index (χ1) is 6.20. The Morgan fingerprint density at radius 3 is 1.92 bits per heavy atom. The lowest BCUT2D eigenvalue weighted by Crippen LogP contribution is -1.98. The molecule has 0 atom stereocenters. The molecule has 66 valence electrons. The average Bonchev–Trinajstić information content (AvgIpc) is 2.16. The summed E-state index contributed by atoms with van der Waals surface area (Å²) >= 11 is 0. The molecule has 0 N–H and O–H groups in total. The lowest BCUT2D eigenvalue weighted by molar-refractivity contribution is -0.385. The van der Waals surface area contributed by atoms with Crippen molar-refractivity contribution >= 4 is 18.3 Å². The van der Waals surface area contributed by atoms with Crippen molar-refractivity contribution in [2.75, 3.05) is 0 Å². The van der Waals surface area contributed by atoms with E-state index in [2.05, 4.69) is 0 Å². The highest BCUT2D eigenvalue weighted by molar-refractivity contribution is 5.90. The van der Waals surface area contributed by atoms with Gasteiger partial charge >= 0.3 is 0 Å². The second-order valence-corrected chi connectivity index (χ2v) is 2.28. The second kappa shape index (κ2) is 3.57. The zero-order valence-electron chi connectivity index (χ0n) is 6.47. The van der Waals surface area contributed by atoms with Crippen LogP contribution in [0, 0.1) is 10.1 Å². The summed E-state index contributed by atoms with van der Waals surface area (Å²) in [5.74, 6) is 0. The van der Waals surface area contributed by atoms with Crippen LogP contribution in [-0.4, -0.2) is 17.5 Å². The third-order valence-electron chi connectivity index (χ3n) is 1.53. The molecule has 0 aliphatic rings. The van der Waals surface area contributed by atoms with Gasteiger partial charge < -0.3 is 0 Å². The van der Waals surface area contributed by atoms with Crippen LogP contribution in [-0.2, 0) is 0 Å². The standard InChI is InChI=1S/C8H5NO4/c10-4-6-2-1-3-7(5-11)8(6)9(12)13/h1-5H. The van der Waals surface area contributed by atoms with Gasteiger partial charge in [0.05, 0.1) is 16.1 Å². The average molecular weight is 179 g/mol. The maximum Gasteiger partial charge on any atom is 0.290 e. The number of carbonyl (C=O) groups excluding carboxylic acids is 2. The summed E-state index contributed by atoms with van der Waals surface area (Å²) in [5, 5.41) is 10.4. The molecule has 0 heterocycles. The molecule has 0 radical (unpaired) electrons. The maximum absolute atomic E-state index is 10.4. The molecule has 0 saturated heterocycles. The summed E-state index contributed by atoms with van der Waals surface area (Å²) in [6, 6.07) is 4.00. The van der Waals surface area contributed by atoms with Gasteiger partial charge in [0, 0.05) is 0 Å². The molecule has 5 nitrogen and oxygen atoms in total. The van der Waals surface area contributed by atoms with Gasteiger partial charge in [-0.15, -0.1) is 0 Å². The van der Waals surface area contributed by atoms with Crippen LogP contribution in [0.4, 0.5) is 5.69 Å². The van der Waals surface area contributed by atoms with E-state index in [1.54, 1.807) is 0 Å². The Balaban J connectivity index is 3.46. The van der Waals surface area contributed by atoms with E-state index < -0.39 is 10.6 Å². The van der Waals surface area contributed by atoms with E-state index in [0.29, 0.717) is 12.6 Å². The third kappa shape index (κ3) is 1.58. The summed E-state index contributed by atoms with van der Waals surface area (Å²) < 4.78 is 0. The Bertz CT molecular complexity index is 346. The monoisotopic (exact) mass is 179 g/mol. The highest BCUT2D eigenvalue weighted by Crippen LogP contribution is 2.20. The number of nitrogens with zero attached hydrogens (tertiary/aromatic N) is 1. The minimum Gasteiger partial charge on any atom is -0.298 e. The first-order valence-electron chi connectivity index (χ1n) is 3.38. The van der Waals surface area contributed by atoms with E-state index >= 15 is 0 Å². The van der Waals surface area contributed by atoms with Crippen LogP contribution in [0.1, 0.15) is 20.7 Å². The molecule has 0 aromatic heterocycles. The molecule has 5 heteroatoms. The van der Waals surface area contributed by atoms with Crippen molar-refractivity contribution in [3.8, 4) is 0 Å². The Morgan fingerprint density at radius 2 is 1.62 bits per heavy atom. The molecule has 0 amide bonds. The van der Waals surface area contributed by atoms with Gasteiger partial charge in [-0.2, -0.15) is 0 Å². The predicted octanol–water partition coefficient (Wildman–Crippen LogP) is 1.22. The lowest BCUT2D eigenvalue weighted by Gasteiger charge is -1.96. The van der Waals surface area contributed by atoms with Crippen molar-refractivity contribution in [3.63, 3.8) is 0 Å². The van der Waals surface area contributed by atoms with Gasteiger partial charge in [0.2, 0.25) is 0 Å². The SMILES string of the molecule is O=Cc1cccc(C=O)c1[N+](=O)[O-]. The summed E-state index contributed by atoms with van der Waals surface area (Å²) in [5.41, 5.74) is -0.614. The van der Waals surface area contributed by atoms with Crippen molar-refractivity contribution in [1.82, 2.24) is 0 Å². The Morgan fingerprint density at radius 1 is 1.15 bits per heavy atom. The van der Waals surface area contributed by atoms with Gasteiger partial charge in [0.15, 0.2) is 12.6 Å². The molecule has 1 aromatic carbocycles. The van der Waals surface area contributed by atoms with E-state index in [0.717, 1.165) is 0 Å². The molecular formula is C8H5NO4. The number of hydrogen-bond donors (Lipinski definition) is 0. The fourth-order valence-corrected chi connectivity index (χ4v) is 0.981. The minimum absolute atomic E-state index is 0.0883. The van der Waals surface area contributed by atoms with Crippen LogP contribution in [0.5, 0.6) is 0 Å². The van der Waals surface area contributed by atoms with E-state index in [9.17, 15) is 19.7 Å². The molecule has 1 rings (SSSR count). The van der Waals surface area contributed by atoms with E-state index in [1.165, 1.54) is 18.2 Å². The second-order valence-electron chi connectivity index (χ2n) is 2.28. The van der Waals surface area contributed by atoms with E-state index in [4.69, 9.17) is 0 Å². The van der Waals surface area contributed by atoms with Crippen LogP contribution < -0.4 is 0 Å². The quantitative estimate of drug-likeness (QED) is 0.397. The van der Waals surface area contributed by atoms with Gasteiger partial charge in [-0.25, -0.2) is 0 Å².